The van der Waals surface area contributed by atoms with Crippen molar-refractivity contribution in [3.05, 3.63) is 65.5 Å². The minimum absolute atomic E-state index is 0.139. The molecule has 0 saturated heterocycles. The molecule has 5 nitrogen and oxygen atoms in total. The van der Waals surface area contributed by atoms with E-state index in [1.165, 1.54) is 37.6 Å². The van der Waals surface area contributed by atoms with Crippen LogP contribution in [0, 0.1) is 11.6 Å². The Labute approximate surface area is 125 Å². The van der Waals surface area contributed by atoms with E-state index in [0.29, 0.717) is 5.56 Å². The van der Waals surface area contributed by atoms with E-state index in [2.05, 4.69) is 15.6 Å². The summed E-state index contributed by atoms with van der Waals surface area (Å²) in [6, 6.07) is 4.83. The second-order valence-corrected chi connectivity index (χ2v) is 4.43. The predicted molar refractivity (Wildman–Crippen MR) is 74.9 cm³/mol. The van der Waals surface area contributed by atoms with E-state index < -0.39 is 29.5 Å². The molecule has 2 rings (SSSR count). The smallest absolute Gasteiger partial charge is 0.252 e. The average Bonchev–Trinajstić information content (AvgIpc) is 2.55. The van der Waals surface area contributed by atoms with Gasteiger partial charge in [-0.1, -0.05) is 6.07 Å². The van der Waals surface area contributed by atoms with Gasteiger partial charge in [-0.05, 0) is 29.8 Å². The van der Waals surface area contributed by atoms with Crippen molar-refractivity contribution in [2.45, 2.75) is 6.04 Å². The third kappa shape index (κ3) is 3.43. The molecule has 1 aromatic heterocycles. The fourth-order valence-corrected chi connectivity index (χ4v) is 1.85. The molecule has 0 aliphatic heterocycles. The Bertz CT molecular complexity index is 692. The molecule has 0 fully saturated rings. The Balaban J connectivity index is 2.29. The van der Waals surface area contributed by atoms with Crippen LogP contribution in [-0.2, 0) is 4.79 Å². The number of hydrogen-bond acceptors (Lipinski definition) is 3. The molecule has 1 heterocycles. The zero-order valence-corrected chi connectivity index (χ0v) is 11.6. The van der Waals surface area contributed by atoms with Crippen LogP contribution in [0.1, 0.15) is 22.0 Å². The third-order valence-electron chi connectivity index (χ3n) is 3.00. The van der Waals surface area contributed by atoms with Crippen LogP contribution in [0.2, 0.25) is 0 Å². The van der Waals surface area contributed by atoms with Crippen LogP contribution in [-0.4, -0.2) is 23.8 Å². The number of pyridine rings is 1. The number of carbonyl (C=O) groups excluding carboxylic acids is 2. The molecule has 22 heavy (non-hydrogen) atoms. The monoisotopic (exact) mass is 305 g/mol. The average molecular weight is 305 g/mol. The van der Waals surface area contributed by atoms with Crippen LogP contribution in [0.25, 0.3) is 0 Å². The molecule has 114 valence electrons. The Kier molecular flexibility index (Phi) is 4.77. The maximum atomic E-state index is 13.3. The molecule has 1 unspecified atom stereocenters. The molecular weight excluding hydrogens is 292 g/mol. The van der Waals surface area contributed by atoms with Gasteiger partial charge in [-0.3, -0.25) is 14.6 Å². The zero-order chi connectivity index (χ0) is 16.1. The maximum Gasteiger partial charge on any atom is 0.252 e. The summed E-state index contributed by atoms with van der Waals surface area (Å²) >= 11 is 0. The number of nitrogens with one attached hydrogen (secondary N) is 2. The molecule has 0 saturated carbocycles. The van der Waals surface area contributed by atoms with Crippen molar-refractivity contribution in [1.82, 2.24) is 15.6 Å². The Morgan fingerprint density at radius 2 is 1.77 bits per heavy atom. The van der Waals surface area contributed by atoms with Crippen molar-refractivity contribution < 1.29 is 18.4 Å². The first-order valence-electron chi connectivity index (χ1n) is 6.40. The Morgan fingerprint density at radius 1 is 1.09 bits per heavy atom. The molecule has 2 aromatic rings. The molecule has 0 spiro atoms. The standard InChI is InChI=1S/C15H13F2N3O2/c1-18-15(22)13(10-2-3-11(16)12(17)8-10)20-14(21)9-4-6-19-7-5-9/h2-8,13H,1H3,(H,18,22)(H,20,21). The SMILES string of the molecule is CNC(=O)C(NC(=O)c1ccncc1)c1ccc(F)c(F)c1. The van der Waals surface area contributed by atoms with Crippen LogP contribution in [0.5, 0.6) is 0 Å². The van der Waals surface area contributed by atoms with Crippen molar-refractivity contribution in [1.29, 1.82) is 0 Å². The van der Waals surface area contributed by atoms with Gasteiger partial charge in [0.1, 0.15) is 6.04 Å². The summed E-state index contributed by atoms with van der Waals surface area (Å²) in [5.74, 6) is -3.20. The number of likely N-dealkylation sites (N-methyl/N-ethyl adjacent to an activating group) is 1. The van der Waals surface area contributed by atoms with Crippen molar-refractivity contribution in [2.24, 2.45) is 0 Å². The maximum absolute atomic E-state index is 13.3. The van der Waals surface area contributed by atoms with Gasteiger partial charge in [0, 0.05) is 25.0 Å². The molecular formula is C15H13F2N3O2. The summed E-state index contributed by atoms with van der Waals surface area (Å²) in [5.41, 5.74) is 0.437. The molecule has 0 bridgehead atoms. The molecule has 2 N–H and O–H groups in total. The molecule has 2 amide bonds. The molecule has 0 aliphatic carbocycles. The van der Waals surface area contributed by atoms with E-state index >= 15 is 0 Å². The van der Waals surface area contributed by atoms with Crippen LogP contribution >= 0.6 is 0 Å². The van der Waals surface area contributed by atoms with E-state index in [1.807, 2.05) is 0 Å². The third-order valence-corrected chi connectivity index (χ3v) is 3.00. The highest BCUT2D eigenvalue weighted by molar-refractivity contribution is 5.97. The van der Waals surface area contributed by atoms with E-state index in [9.17, 15) is 18.4 Å². The minimum Gasteiger partial charge on any atom is -0.357 e. The van der Waals surface area contributed by atoms with Crippen molar-refractivity contribution in [3.63, 3.8) is 0 Å². The normalized spacial score (nSPS) is 11.6. The molecule has 1 aromatic carbocycles. The highest BCUT2D eigenvalue weighted by atomic mass is 19.2. The topological polar surface area (TPSA) is 71.1 Å². The number of rotatable bonds is 4. The zero-order valence-electron chi connectivity index (χ0n) is 11.6. The van der Waals surface area contributed by atoms with Crippen LogP contribution in [0.3, 0.4) is 0 Å². The highest BCUT2D eigenvalue weighted by Gasteiger charge is 2.23. The molecule has 7 heteroatoms. The minimum atomic E-state index is -1.14. The van der Waals surface area contributed by atoms with Gasteiger partial charge in [0.2, 0.25) is 5.91 Å². The summed E-state index contributed by atoms with van der Waals surface area (Å²) in [7, 11) is 1.38. The molecule has 0 aliphatic rings. The number of nitrogens with zero attached hydrogens (tertiary/aromatic N) is 1. The first kappa shape index (κ1) is 15.6. The quantitative estimate of drug-likeness (QED) is 0.901. The second-order valence-electron chi connectivity index (χ2n) is 4.43. The van der Waals surface area contributed by atoms with Crippen molar-refractivity contribution >= 4 is 11.8 Å². The Hall–Kier alpha value is -2.83. The van der Waals surface area contributed by atoms with E-state index in [-0.39, 0.29) is 5.56 Å². The van der Waals surface area contributed by atoms with E-state index in [0.717, 1.165) is 12.1 Å². The first-order valence-corrected chi connectivity index (χ1v) is 6.40. The van der Waals surface area contributed by atoms with E-state index in [4.69, 9.17) is 0 Å². The summed E-state index contributed by atoms with van der Waals surface area (Å²) in [6.07, 6.45) is 2.86. The van der Waals surface area contributed by atoms with E-state index in [1.54, 1.807) is 0 Å². The van der Waals surface area contributed by atoms with Gasteiger partial charge >= 0.3 is 0 Å². The number of carbonyl (C=O) groups is 2. The first-order chi connectivity index (χ1) is 10.5. The lowest BCUT2D eigenvalue weighted by Gasteiger charge is -2.18. The van der Waals surface area contributed by atoms with Gasteiger partial charge in [-0.15, -0.1) is 0 Å². The Morgan fingerprint density at radius 3 is 2.36 bits per heavy atom. The van der Waals surface area contributed by atoms with Crippen molar-refractivity contribution in [3.8, 4) is 0 Å². The van der Waals surface area contributed by atoms with Gasteiger partial charge in [-0.2, -0.15) is 0 Å². The predicted octanol–water partition coefficient (Wildman–Crippen LogP) is 1.58. The van der Waals surface area contributed by atoms with Crippen LogP contribution in [0.15, 0.2) is 42.7 Å². The molecule has 0 radical (unpaired) electrons. The van der Waals surface area contributed by atoms with Crippen molar-refractivity contribution in [2.75, 3.05) is 7.05 Å². The number of aromatic nitrogens is 1. The lowest BCUT2D eigenvalue weighted by molar-refractivity contribution is -0.122. The second kappa shape index (κ2) is 6.75. The fraction of sp³-hybridized carbons (Fsp3) is 0.133. The van der Waals surface area contributed by atoms with Gasteiger partial charge in [0.25, 0.3) is 5.91 Å². The fourth-order valence-electron chi connectivity index (χ4n) is 1.85. The van der Waals surface area contributed by atoms with Crippen LogP contribution < -0.4 is 10.6 Å². The largest absolute Gasteiger partial charge is 0.357 e. The van der Waals surface area contributed by atoms with Gasteiger partial charge in [0.15, 0.2) is 11.6 Å². The molecule has 1 atom stereocenters. The lowest BCUT2D eigenvalue weighted by Crippen LogP contribution is -2.39. The van der Waals surface area contributed by atoms with Crippen LogP contribution in [0.4, 0.5) is 8.78 Å². The summed E-state index contributed by atoms with van der Waals surface area (Å²) in [4.78, 5) is 27.8. The van der Waals surface area contributed by atoms with Gasteiger partial charge in [-0.25, -0.2) is 8.78 Å². The highest BCUT2D eigenvalue weighted by Crippen LogP contribution is 2.17. The van der Waals surface area contributed by atoms with Gasteiger partial charge in [0.05, 0.1) is 0 Å². The number of halogens is 2. The van der Waals surface area contributed by atoms with Gasteiger partial charge < -0.3 is 10.6 Å². The number of amides is 2. The number of hydrogen-bond donors (Lipinski definition) is 2. The lowest BCUT2D eigenvalue weighted by atomic mass is 10.1. The summed E-state index contributed by atoms with van der Waals surface area (Å²) in [5, 5.41) is 4.85. The summed E-state index contributed by atoms with van der Waals surface area (Å²) < 4.78 is 26.3. The summed E-state index contributed by atoms with van der Waals surface area (Å²) in [6.45, 7) is 0. The number of benzene rings is 1.